The number of aliphatic imine (C=N–C) groups is 1. The summed E-state index contributed by atoms with van der Waals surface area (Å²) in [4.78, 5) is 32.9. The molecule has 1 atom stereocenters. The van der Waals surface area contributed by atoms with Gasteiger partial charge in [-0.15, -0.1) is 24.0 Å². The zero-order valence-corrected chi connectivity index (χ0v) is 23.0. The molecule has 8 nitrogen and oxygen atoms in total. The van der Waals surface area contributed by atoms with E-state index in [0.29, 0.717) is 19.0 Å². The van der Waals surface area contributed by atoms with Gasteiger partial charge in [0.1, 0.15) is 5.60 Å². The lowest BCUT2D eigenvalue weighted by Gasteiger charge is -2.34. The van der Waals surface area contributed by atoms with Gasteiger partial charge in [0.05, 0.1) is 6.54 Å². The maximum atomic E-state index is 12.3. The average molecular weight is 554 g/mol. The molecular weight excluding hydrogens is 509 g/mol. The van der Waals surface area contributed by atoms with E-state index >= 15 is 0 Å². The van der Waals surface area contributed by atoms with Crippen LogP contribution in [0.4, 0.5) is 4.79 Å². The molecule has 2 amide bonds. The highest BCUT2D eigenvalue weighted by atomic mass is 127. The maximum absolute atomic E-state index is 12.3. The summed E-state index contributed by atoms with van der Waals surface area (Å²) in [5.41, 5.74) is -0.729. The first-order valence-corrected chi connectivity index (χ1v) is 11.1. The highest BCUT2D eigenvalue weighted by molar-refractivity contribution is 14.0. The Kier molecular flexibility index (Phi) is 12.8. The van der Waals surface area contributed by atoms with Crippen molar-refractivity contribution < 1.29 is 14.3 Å². The highest BCUT2D eigenvalue weighted by Crippen LogP contribution is 2.21. The molecule has 1 fully saturated rings. The molecule has 1 heterocycles. The number of hydrogen-bond acceptors (Lipinski definition) is 4. The number of piperidine rings is 1. The minimum atomic E-state index is -0.473. The number of hydrogen-bond donors (Lipinski definition) is 2. The molecule has 0 saturated carbocycles. The molecular formula is C22H44IN5O3. The van der Waals surface area contributed by atoms with Crippen molar-refractivity contribution in [2.45, 2.75) is 78.9 Å². The Morgan fingerprint density at radius 3 is 2.39 bits per heavy atom. The van der Waals surface area contributed by atoms with E-state index in [4.69, 9.17) is 9.73 Å². The van der Waals surface area contributed by atoms with E-state index in [2.05, 4.69) is 10.6 Å². The van der Waals surface area contributed by atoms with Gasteiger partial charge in [-0.25, -0.2) is 4.79 Å². The fourth-order valence-corrected chi connectivity index (χ4v) is 3.36. The van der Waals surface area contributed by atoms with Gasteiger partial charge in [-0.2, -0.15) is 0 Å². The number of amides is 2. The van der Waals surface area contributed by atoms with Gasteiger partial charge in [-0.1, -0.05) is 0 Å². The topological polar surface area (TPSA) is 86.3 Å². The minimum absolute atomic E-state index is 0. The van der Waals surface area contributed by atoms with Crippen LogP contribution in [0.2, 0.25) is 0 Å². The Hall–Kier alpha value is -1.26. The number of rotatable bonds is 6. The number of guanidine groups is 1. The number of likely N-dealkylation sites (N-methyl/N-ethyl adjacent to an activating group) is 1. The summed E-state index contributed by atoms with van der Waals surface area (Å²) >= 11 is 0. The van der Waals surface area contributed by atoms with Crippen molar-refractivity contribution >= 4 is 41.9 Å². The molecule has 0 aromatic heterocycles. The third-order valence-corrected chi connectivity index (χ3v) is 4.56. The maximum Gasteiger partial charge on any atom is 0.410 e. The van der Waals surface area contributed by atoms with E-state index in [0.717, 1.165) is 38.3 Å². The first-order chi connectivity index (χ1) is 13.8. The third-order valence-electron chi connectivity index (χ3n) is 4.56. The van der Waals surface area contributed by atoms with Crippen LogP contribution in [0.15, 0.2) is 4.99 Å². The van der Waals surface area contributed by atoms with E-state index in [9.17, 15) is 9.59 Å². The van der Waals surface area contributed by atoms with Gasteiger partial charge in [0.25, 0.3) is 0 Å². The molecule has 1 unspecified atom stereocenters. The standard InChI is InChI=1S/C22H43N5O3.HI/c1-9-23-19(26(8)16-18(28)25-21(2,3)4)24-13-12-17-11-10-14-27(15-17)20(29)30-22(5,6)7;/h17H,9-16H2,1-8H3,(H,23,24)(H,25,28);1H. The van der Waals surface area contributed by atoms with E-state index in [1.165, 1.54) is 0 Å². The second-order valence-electron chi connectivity index (χ2n) is 10.1. The predicted octanol–water partition coefficient (Wildman–Crippen LogP) is 3.45. The first-order valence-electron chi connectivity index (χ1n) is 11.1. The minimum Gasteiger partial charge on any atom is -0.444 e. The van der Waals surface area contributed by atoms with Gasteiger partial charge in [0.2, 0.25) is 5.91 Å². The lowest BCUT2D eigenvalue weighted by atomic mass is 9.95. The van der Waals surface area contributed by atoms with Crippen molar-refractivity contribution in [1.82, 2.24) is 20.4 Å². The molecule has 1 aliphatic rings. The second kappa shape index (κ2) is 13.3. The number of nitrogens with one attached hydrogen (secondary N) is 2. The molecule has 0 aromatic carbocycles. The summed E-state index contributed by atoms with van der Waals surface area (Å²) in [6.07, 6.45) is 2.75. The number of carbonyl (C=O) groups excluding carboxylic acids is 2. The third kappa shape index (κ3) is 13.0. The van der Waals surface area contributed by atoms with Gasteiger partial charge in [0.15, 0.2) is 5.96 Å². The number of carbonyl (C=O) groups is 2. The Morgan fingerprint density at radius 1 is 1.19 bits per heavy atom. The molecule has 1 rings (SSSR count). The van der Waals surface area contributed by atoms with Crippen molar-refractivity contribution in [3.05, 3.63) is 0 Å². The van der Waals surface area contributed by atoms with Crippen LogP contribution in [0.3, 0.4) is 0 Å². The van der Waals surface area contributed by atoms with Crippen molar-refractivity contribution in [2.24, 2.45) is 10.9 Å². The van der Waals surface area contributed by atoms with Gasteiger partial charge >= 0.3 is 6.09 Å². The highest BCUT2D eigenvalue weighted by Gasteiger charge is 2.27. The SMILES string of the molecule is CCNC(=NCCC1CCCN(C(=O)OC(C)(C)C)C1)N(C)CC(=O)NC(C)(C)C.I. The van der Waals surface area contributed by atoms with Crippen molar-refractivity contribution in [3.63, 3.8) is 0 Å². The van der Waals surface area contributed by atoms with Crippen LogP contribution >= 0.6 is 24.0 Å². The number of halogens is 1. The largest absolute Gasteiger partial charge is 0.444 e. The fourth-order valence-electron chi connectivity index (χ4n) is 3.36. The molecule has 2 N–H and O–H groups in total. The Labute approximate surface area is 205 Å². The van der Waals surface area contributed by atoms with Crippen LogP contribution in [-0.4, -0.2) is 78.7 Å². The van der Waals surface area contributed by atoms with Crippen molar-refractivity contribution in [1.29, 1.82) is 0 Å². The molecule has 31 heavy (non-hydrogen) atoms. The number of ether oxygens (including phenoxy) is 1. The van der Waals surface area contributed by atoms with Gasteiger partial charge in [-0.3, -0.25) is 9.79 Å². The van der Waals surface area contributed by atoms with Crippen LogP contribution in [0, 0.1) is 5.92 Å². The average Bonchev–Trinajstić information content (AvgIpc) is 2.58. The predicted molar refractivity (Wildman–Crippen MR) is 137 cm³/mol. The van der Waals surface area contributed by atoms with Crippen LogP contribution < -0.4 is 10.6 Å². The van der Waals surface area contributed by atoms with Gasteiger partial charge in [0, 0.05) is 38.8 Å². The zero-order chi connectivity index (χ0) is 22.9. The Bertz CT molecular complexity index is 599. The molecule has 0 bridgehead atoms. The quantitative estimate of drug-likeness (QED) is 0.299. The van der Waals surface area contributed by atoms with Crippen molar-refractivity contribution in [2.75, 3.05) is 39.8 Å². The van der Waals surface area contributed by atoms with E-state index in [1.807, 2.05) is 65.3 Å². The van der Waals surface area contributed by atoms with Crippen LogP contribution in [0.5, 0.6) is 0 Å². The van der Waals surface area contributed by atoms with Crippen LogP contribution in [-0.2, 0) is 9.53 Å². The van der Waals surface area contributed by atoms with Gasteiger partial charge < -0.3 is 25.2 Å². The number of likely N-dealkylation sites (tertiary alicyclic amines) is 1. The molecule has 0 aliphatic carbocycles. The lowest BCUT2D eigenvalue weighted by Crippen LogP contribution is -2.48. The fraction of sp³-hybridized carbons (Fsp3) is 0.864. The Morgan fingerprint density at radius 2 is 1.84 bits per heavy atom. The molecule has 0 aromatic rings. The normalized spacial score (nSPS) is 17.5. The van der Waals surface area contributed by atoms with Crippen LogP contribution in [0.25, 0.3) is 0 Å². The smallest absolute Gasteiger partial charge is 0.410 e. The molecule has 182 valence electrons. The second-order valence-corrected chi connectivity index (χ2v) is 10.1. The summed E-state index contributed by atoms with van der Waals surface area (Å²) in [5.74, 6) is 1.10. The summed E-state index contributed by atoms with van der Waals surface area (Å²) in [5, 5.41) is 6.23. The van der Waals surface area contributed by atoms with Crippen LogP contribution in [0.1, 0.15) is 67.7 Å². The molecule has 0 spiro atoms. The van der Waals surface area contributed by atoms with E-state index in [1.54, 1.807) is 0 Å². The van der Waals surface area contributed by atoms with Crippen molar-refractivity contribution in [3.8, 4) is 0 Å². The molecule has 9 heteroatoms. The van der Waals surface area contributed by atoms with E-state index in [-0.39, 0.29) is 48.1 Å². The molecule has 1 saturated heterocycles. The summed E-state index contributed by atoms with van der Waals surface area (Å²) < 4.78 is 5.51. The first kappa shape index (κ1) is 29.7. The van der Waals surface area contributed by atoms with Gasteiger partial charge in [-0.05, 0) is 73.6 Å². The Balaban J connectivity index is 0.00000900. The lowest BCUT2D eigenvalue weighted by molar-refractivity contribution is -0.122. The van der Waals surface area contributed by atoms with E-state index < -0.39 is 5.60 Å². The summed E-state index contributed by atoms with van der Waals surface area (Å²) in [7, 11) is 1.87. The zero-order valence-electron chi connectivity index (χ0n) is 20.7. The molecule has 0 radical (unpaired) electrons. The number of nitrogens with zero attached hydrogens (tertiary/aromatic N) is 3. The molecule has 1 aliphatic heterocycles. The summed E-state index contributed by atoms with van der Waals surface area (Å²) in [6.45, 7) is 16.7. The monoisotopic (exact) mass is 553 g/mol. The summed E-state index contributed by atoms with van der Waals surface area (Å²) in [6, 6.07) is 0.